The minimum atomic E-state index is 0. The molecular formula is C16H28Cl2N2O. The summed E-state index contributed by atoms with van der Waals surface area (Å²) in [6.07, 6.45) is 2.43. The van der Waals surface area contributed by atoms with Crippen molar-refractivity contribution in [3.8, 4) is 5.75 Å². The summed E-state index contributed by atoms with van der Waals surface area (Å²) in [5, 5.41) is 3.43. The van der Waals surface area contributed by atoms with Crippen LogP contribution in [-0.2, 0) is 0 Å². The summed E-state index contributed by atoms with van der Waals surface area (Å²) in [5.74, 6) is 0.997. The van der Waals surface area contributed by atoms with Gasteiger partial charge in [0.15, 0.2) is 0 Å². The van der Waals surface area contributed by atoms with Gasteiger partial charge in [0.1, 0.15) is 5.75 Å². The fourth-order valence-electron chi connectivity index (χ4n) is 2.81. The maximum atomic E-state index is 5.63. The smallest absolute Gasteiger partial charge is 0.119 e. The van der Waals surface area contributed by atoms with Gasteiger partial charge in [0.05, 0.1) is 6.61 Å². The highest BCUT2D eigenvalue weighted by Gasteiger charge is 2.21. The monoisotopic (exact) mass is 334 g/mol. The molecule has 2 rings (SSSR count). The van der Waals surface area contributed by atoms with Crippen molar-refractivity contribution in [2.24, 2.45) is 0 Å². The molecule has 1 N–H and O–H groups in total. The van der Waals surface area contributed by atoms with Crippen LogP contribution in [-0.4, -0.2) is 37.7 Å². The quantitative estimate of drug-likeness (QED) is 0.858. The molecule has 1 heterocycles. The lowest BCUT2D eigenvalue weighted by Gasteiger charge is -2.35. The van der Waals surface area contributed by atoms with Crippen LogP contribution >= 0.6 is 24.8 Å². The van der Waals surface area contributed by atoms with Crippen molar-refractivity contribution in [3.63, 3.8) is 0 Å². The van der Waals surface area contributed by atoms with E-state index in [0.717, 1.165) is 38.5 Å². The molecule has 122 valence electrons. The largest absolute Gasteiger partial charge is 0.494 e. The second-order valence-electron chi connectivity index (χ2n) is 5.10. The summed E-state index contributed by atoms with van der Waals surface area (Å²) in [5.41, 5.74) is 1.40. The fraction of sp³-hybridized carbons (Fsp3) is 0.625. The standard InChI is InChI=1S/C16H26N2O.2ClH/c1-3-6-16(18-11-9-17-10-12-18)14-7-5-8-15(13-14)19-4-2;;/h5,7-8,13,16-17H,3-4,6,9-12H2,1-2H3;2*1H/t16-;;/m1../s1. The summed E-state index contributed by atoms with van der Waals surface area (Å²) in [6.45, 7) is 9.52. The van der Waals surface area contributed by atoms with Crippen LogP contribution in [0.25, 0.3) is 0 Å². The summed E-state index contributed by atoms with van der Waals surface area (Å²) >= 11 is 0. The Balaban J connectivity index is 0.00000200. The highest BCUT2D eigenvalue weighted by Crippen LogP contribution is 2.28. The number of nitrogens with zero attached hydrogens (tertiary/aromatic N) is 1. The van der Waals surface area contributed by atoms with Crippen LogP contribution in [0.5, 0.6) is 5.75 Å². The summed E-state index contributed by atoms with van der Waals surface area (Å²) in [6, 6.07) is 9.16. The van der Waals surface area contributed by atoms with Crippen LogP contribution in [0.15, 0.2) is 24.3 Å². The molecule has 5 heteroatoms. The Morgan fingerprint density at radius 1 is 1.19 bits per heavy atom. The predicted octanol–water partition coefficient (Wildman–Crippen LogP) is 3.68. The molecule has 0 saturated carbocycles. The average molecular weight is 335 g/mol. The SMILES string of the molecule is CCC[C@H](c1cccc(OCC)c1)N1CCNCC1.Cl.Cl. The second-order valence-corrected chi connectivity index (χ2v) is 5.10. The molecular weight excluding hydrogens is 307 g/mol. The molecule has 1 aromatic carbocycles. The average Bonchev–Trinajstić information content (AvgIpc) is 2.46. The first-order valence-electron chi connectivity index (χ1n) is 7.52. The Bertz CT molecular complexity index is 384. The Morgan fingerprint density at radius 3 is 2.52 bits per heavy atom. The number of rotatable bonds is 6. The van der Waals surface area contributed by atoms with Crippen LogP contribution in [0.3, 0.4) is 0 Å². The van der Waals surface area contributed by atoms with E-state index in [-0.39, 0.29) is 24.8 Å². The van der Waals surface area contributed by atoms with E-state index in [1.807, 2.05) is 13.0 Å². The molecule has 0 amide bonds. The van der Waals surface area contributed by atoms with Gasteiger partial charge >= 0.3 is 0 Å². The fourth-order valence-corrected chi connectivity index (χ4v) is 2.81. The highest BCUT2D eigenvalue weighted by atomic mass is 35.5. The second kappa shape index (κ2) is 11.1. The zero-order valence-electron chi connectivity index (χ0n) is 13.0. The third-order valence-electron chi connectivity index (χ3n) is 3.71. The van der Waals surface area contributed by atoms with E-state index in [1.54, 1.807) is 0 Å². The molecule has 0 radical (unpaired) electrons. The lowest BCUT2D eigenvalue weighted by molar-refractivity contribution is 0.164. The maximum Gasteiger partial charge on any atom is 0.119 e. The van der Waals surface area contributed by atoms with Crippen LogP contribution in [0.1, 0.15) is 38.3 Å². The Kier molecular flexibility index (Phi) is 10.9. The number of hydrogen-bond donors (Lipinski definition) is 1. The zero-order valence-corrected chi connectivity index (χ0v) is 14.6. The van der Waals surface area contributed by atoms with Crippen LogP contribution in [0.4, 0.5) is 0 Å². The summed E-state index contributed by atoms with van der Waals surface area (Å²) < 4.78 is 5.63. The first-order chi connectivity index (χ1) is 9.35. The molecule has 0 spiro atoms. The van der Waals surface area contributed by atoms with Crippen molar-refractivity contribution in [3.05, 3.63) is 29.8 Å². The van der Waals surface area contributed by atoms with Crippen LogP contribution in [0, 0.1) is 0 Å². The lowest BCUT2D eigenvalue weighted by atomic mass is 9.99. The van der Waals surface area contributed by atoms with Crippen molar-refractivity contribution in [1.29, 1.82) is 0 Å². The van der Waals surface area contributed by atoms with E-state index in [4.69, 9.17) is 4.74 Å². The first-order valence-corrected chi connectivity index (χ1v) is 7.52. The maximum absolute atomic E-state index is 5.63. The van der Waals surface area contributed by atoms with E-state index in [0.29, 0.717) is 6.04 Å². The van der Waals surface area contributed by atoms with E-state index >= 15 is 0 Å². The number of hydrogen-bond acceptors (Lipinski definition) is 3. The third kappa shape index (κ3) is 6.03. The molecule has 1 aromatic rings. The number of piperazine rings is 1. The number of halogens is 2. The van der Waals surface area contributed by atoms with E-state index < -0.39 is 0 Å². The molecule has 1 atom stereocenters. The summed E-state index contributed by atoms with van der Waals surface area (Å²) in [4.78, 5) is 2.60. The summed E-state index contributed by atoms with van der Waals surface area (Å²) in [7, 11) is 0. The Morgan fingerprint density at radius 2 is 1.90 bits per heavy atom. The van der Waals surface area contributed by atoms with Gasteiger partial charge in [-0.25, -0.2) is 0 Å². The molecule has 1 aliphatic heterocycles. The molecule has 0 aromatic heterocycles. The highest BCUT2D eigenvalue weighted by molar-refractivity contribution is 5.85. The molecule has 21 heavy (non-hydrogen) atoms. The van der Waals surface area contributed by atoms with Crippen LogP contribution < -0.4 is 10.1 Å². The Labute approximate surface area is 141 Å². The van der Waals surface area contributed by atoms with Crippen molar-refractivity contribution in [1.82, 2.24) is 10.2 Å². The molecule has 0 unspecified atom stereocenters. The van der Waals surface area contributed by atoms with E-state index in [2.05, 4.69) is 35.3 Å². The number of benzene rings is 1. The number of nitrogens with one attached hydrogen (secondary N) is 1. The van der Waals surface area contributed by atoms with Gasteiger partial charge in [0.2, 0.25) is 0 Å². The lowest BCUT2D eigenvalue weighted by Crippen LogP contribution is -2.45. The molecule has 0 bridgehead atoms. The molecule has 3 nitrogen and oxygen atoms in total. The minimum absolute atomic E-state index is 0. The van der Waals surface area contributed by atoms with E-state index in [1.165, 1.54) is 18.4 Å². The van der Waals surface area contributed by atoms with Gasteiger partial charge in [-0.3, -0.25) is 4.90 Å². The predicted molar refractivity (Wildman–Crippen MR) is 94.2 cm³/mol. The van der Waals surface area contributed by atoms with Gasteiger partial charge < -0.3 is 10.1 Å². The van der Waals surface area contributed by atoms with Crippen LogP contribution in [0.2, 0.25) is 0 Å². The van der Waals surface area contributed by atoms with Crippen molar-refractivity contribution < 1.29 is 4.74 Å². The topological polar surface area (TPSA) is 24.5 Å². The van der Waals surface area contributed by atoms with Crippen molar-refractivity contribution in [2.75, 3.05) is 32.8 Å². The Hall–Kier alpha value is -0.480. The first kappa shape index (κ1) is 20.5. The third-order valence-corrected chi connectivity index (χ3v) is 3.71. The normalized spacial score (nSPS) is 16.5. The van der Waals surface area contributed by atoms with E-state index in [9.17, 15) is 0 Å². The van der Waals surface area contributed by atoms with Crippen molar-refractivity contribution >= 4 is 24.8 Å². The van der Waals surface area contributed by atoms with Gasteiger partial charge in [0, 0.05) is 32.2 Å². The van der Waals surface area contributed by atoms with Gasteiger partial charge in [-0.15, -0.1) is 24.8 Å². The van der Waals surface area contributed by atoms with Gasteiger partial charge in [-0.1, -0.05) is 25.5 Å². The molecule has 1 aliphatic rings. The molecule has 0 aliphatic carbocycles. The number of ether oxygens (including phenoxy) is 1. The van der Waals surface area contributed by atoms with Gasteiger partial charge in [-0.2, -0.15) is 0 Å². The van der Waals surface area contributed by atoms with Gasteiger partial charge in [-0.05, 0) is 31.0 Å². The molecule has 1 fully saturated rings. The minimum Gasteiger partial charge on any atom is -0.494 e. The van der Waals surface area contributed by atoms with Gasteiger partial charge in [0.25, 0.3) is 0 Å². The zero-order chi connectivity index (χ0) is 13.5. The molecule has 1 saturated heterocycles. The van der Waals surface area contributed by atoms with Crippen molar-refractivity contribution in [2.45, 2.75) is 32.7 Å².